The number of benzene rings is 16. The lowest BCUT2D eigenvalue weighted by molar-refractivity contribution is 1.37. The fourth-order valence-electron chi connectivity index (χ4n) is 16.2. The molecular weight excluding hydrogens is 1500 g/mol. The zero-order chi connectivity index (χ0) is 76.6. The minimum atomic E-state index is -2.20. The minimum absolute atomic E-state index is 0.928. The first-order valence-corrected chi connectivity index (χ1v) is 46.4. The van der Waals surface area contributed by atoms with Gasteiger partial charge in [-0.15, -0.1) is 0 Å². The van der Waals surface area contributed by atoms with Gasteiger partial charge in [-0.25, -0.2) is 9.97 Å². The van der Waals surface area contributed by atoms with E-state index in [0.717, 1.165) is 77.0 Å². The molecule has 0 aliphatic heterocycles. The smallest absolute Gasteiger partial charge is 0.0978 e. The van der Waals surface area contributed by atoms with Crippen LogP contribution in [0.1, 0.15) is 0 Å². The molecule has 0 amide bonds. The molecule has 11 heteroatoms. The van der Waals surface area contributed by atoms with Crippen LogP contribution < -0.4 is 47.7 Å². The van der Waals surface area contributed by atoms with Gasteiger partial charge in [-0.05, 0) is 128 Å². The standard InChI is InChI=1S/C35H24NPS.2C34H23N2PS/c38-37(27-10-3-1-4-11-27,28-12-5-2-6-13-28)29-20-17-25(18-21-29)26-19-22-32-30-14-7-8-15-31(30)33-16-9-23-36-35(33)34(32)24-26;38-37(26-11-3-1-4-12-26,27-13-5-2-6-14-27)28-20-17-25(18-21-28)32-30-16-8-7-15-29(30)31-22-19-24-10-9-23-35-33(24)34(31)36-32;38-37(25-10-3-1-4-11-25,26-12-5-2-6-13-26)27-19-17-24(18-20-27)32-22-21-31-29-15-8-7-14-28(29)30-16-9-23-35-33(30)34(31)36-32/h1-24H;2*1-23H. The fraction of sp³-hybridized carbons (Fsp3) is 0. The molecule has 0 atom stereocenters. The van der Waals surface area contributed by atoms with Crippen molar-refractivity contribution in [3.8, 4) is 33.6 Å². The fourth-order valence-corrected chi connectivity index (χ4v) is 27.4. The summed E-state index contributed by atoms with van der Waals surface area (Å²) >= 11 is 19.6. The van der Waals surface area contributed by atoms with Crippen molar-refractivity contribution in [3.05, 3.63) is 425 Å². The molecule has 5 nitrogen and oxygen atoms in total. The normalized spacial score (nSPS) is 11.8. The predicted octanol–water partition coefficient (Wildman–Crippen LogP) is 22.7. The molecule has 540 valence electrons. The van der Waals surface area contributed by atoms with Crippen molar-refractivity contribution in [2.75, 3.05) is 0 Å². The number of pyridine rings is 5. The van der Waals surface area contributed by atoms with Crippen LogP contribution in [0.25, 0.3) is 131 Å². The van der Waals surface area contributed by atoms with Gasteiger partial charge in [0.15, 0.2) is 0 Å². The number of fused-ring (bicyclic) bond motifs is 17. The molecule has 0 saturated heterocycles. The van der Waals surface area contributed by atoms with Crippen molar-refractivity contribution in [3.63, 3.8) is 0 Å². The van der Waals surface area contributed by atoms with Crippen LogP contribution in [-0.2, 0) is 35.4 Å². The monoisotopic (exact) mass is 1570 g/mol. The zero-order valence-electron chi connectivity index (χ0n) is 61.7. The highest BCUT2D eigenvalue weighted by molar-refractivity contribution is 8.26. The predicted molar refractivity (Wildman–Crippen MR) is 500 cm³/mol. The lowest BCUT2D eigenvalue weighted by Gasteiger charge is -2.24. The van der Waals surface area contributed by atoms with Crippen LogP contribution in [-0.4, -0.2) is 24.9 Å². The molecule has 5 heterocycles. The number of aromatic nitrogens is 5. The van der Waals surface area contributed by atoms with Crippen LogP contribution in [0.2, 0.25) is 0 Å². The summed E-state index contributed by atoms with van der Waals surface area (Å²) in [6, 6.07) is 136. The zero-order valence-corrected chi connectivity index (χ0v) is 66.8. The quantitative estimate of drug-likeness (QED) is 0.0886. The van der Waals surface area contributed by atoms with Gasteiger partial charge >= 0.3 is 0 Å². The van der Waals surface area contributed by atoms with E-state index in [2.05, 4.69) is 364 Å². The highest BCUT2D eigenvalue weighted by atomic mass is 32.4. The van der Waals surface area contributed by atoms with Crippen LogP contribution >= 0.6 is 18.1 Å². The summed E-state index contributed by atoms with van der Waals surface area (Å²) in [6.45, 7) is 0. The molecule has 0 unspecified atom stereocenters. The van der Waals surface area contributed by atoms with Crippen LogP contribution in [0.4, 0.5) is 0 Å². The summed E-state index contributed by atoms with van der Waals surface area (Å²) in [5.41, 5.74) is 11.2. The molecule has 0 radical (unpaired) electrons. The van der Waals surface area contributed by atoms with Crippen LogP contribution in [0.15, 0.2) is 425 Å². The Morgan fingerprint density at radius 3 is 0.912 bits per heavy atom. The third kappa shape index (κ3) is 13.0. The van der Waals surface area contributed by atoms with Gasteiger partial charge < -0.3 is 0 Å². The van der Waals surface area contributed by atoms with Gasteiger partial charge in [0.2, 0.25) is 0 Å². The Morgan fingerprint density at radius 2 is 0.465 bits per heavy atom. The number of hydrogen-bond donors (Lipinski definition) is 0. The number of nitrogens with zero attached hydrogens (tertiary/aromatic N) is 5. The molecule has 0 bridgehead atoms. The number of hydrogen-bond acceptors (Lipinski definition) is 8. The average molecular weight is 1570 g/mol. The van der Waals surface area contributed by atoms with Gasteiger partial charge in [0.05, 0.1) is 39.0 Å². The van der Waals surface area contributed by atoms with Gasteiger partial charge in [0.1, 0.15) is 0 Å². The lowest BCUT2D eigenvalue weighted by Crippen LogP contribution is -2.24. The maximum Gasteiger partial charge on any atom is 0.0978 e. The second-order valence-electron chi connectivity index (χ2n) is 28.3. The Labute approximate surface area is 677 Å². The summed E-state index contributed by atoms with van der Waals surface area (Å²) in [4.78, 5) is 24.6. The summed E-state index contributed by atoms with van der Waals surface area (Å²) in [7, 11) is 0. The second-order valence-corrected chi connectivity index (χ2v) is 41.5. The Morgan fingerprint density at radius 1 is 0.175 bits per heavy atom. The molecule has 0 spiro atoms. The molecule has 21 rings (SSSR count). The van der Waals surface area contributed by atoms with Gasteiger partial charge in [-0.3, -0.25) is 15.0 Å². The van der Waals surface area contributed by atoms with Crippen LogP contribution in [0.5, 0.6) is 0 Å². The topological polar surface area (TPSA) is 64.5 Å². The molecule has 5 aromatic heterocycles. The van der Waals surface area contributed by atoms with E-state index >= 15 is 0 Å². The van der Waals surface area contributed by atoms with Crippen molar-refractivity contribution in [2.24, 2.45) is 0 Å². The third-order valence-corrected chi connectivity index (χ3v) is 36.7. The molecular formula is C103H70N5P3S3. The van der Waals surface area contributed by atoms with Gasteiger partial charge in [0, 0.05) is 85.5 Å². The summed E-state index contributed by atoms with van der Waals surface area (Å²) in [5, 5.41) is 26.0. The maximum atomic E-state index is 6.54. The summed E-state index contributed by atoms with van der Waals surface area (Å²) in [6.07, 6.45) is 5.57. The Balaban J connectivity index is 0.000000115. The molecule has 0 aliphatic rings. The molecule has 0 N–H and O–H groups in total. The van der Waals surface area contributed by atoms with Crippen molar-refractivity contribution in [1.82, 2.24) is 24.9 Å². The third-order valence-electron chi connectivity index (χ3n) is 21.8. The second kappa shape index (κ2) is 30.9. The van der Waals surface area contributed by atoms with E-state index < -0.39 is 18.1 Å². The molecule has 21 aromatic rings. The van der Waals surface area contributed by atoms with Gasteiger partial charge in [-0.2, -0.15) is 0 Å². The maximum absolute atomic E-state index is 6.54. The average Bonchev–Trinajstić information content (AvgIpc) is 0.749. The molecule has 0 saturated carbocycles. The highest BCUT2D eigenvalue weighted by Gasteiger charge is 2.29. The van der Waals surface area contributed by atoms with E-state index in [-0.39, 0.29) is 0 Å². The van der Waals surface area contributed by atoms with E-state index in [9.17, 15) is 0 Å². The van der Waals surface area contributed by atoms with E-state index in [1.807, 2.05) is 61.1 Å². The van der Waals surface area contributed by atoms with Crippen molar-refractivity contribution >= 4 is 199 Å². The molecule has 114 heavy (non-hydrogen) atoms. The van der Waals surface area contributed by atoms with E-state index in [0.29, 0.717) is 0 Å². The SMILES string of the molecule is S=P(c1ccccc1)(c1ccccc1)c1ccc(-c2ccc3c4ccccc4c4cccnc4c3c2)cc1.S=P(c1ccccc1)(c1ccccc1)c1ccc(-c2ccc3c4ccccc4c4cccnc4c3n2)cc1.S=P(c1ccccc1)(c1ccccc1)c1ccc(-c2nc3c(ccc4cccnc43)c3ccccc23)cc1. The first-order valence-electron chi connectivity index (χ1n) is 38.0. The number of rotatable bonds is 12. The Hall–Kier alpha value is -12.4. The van der Waals surface area contributed by atoms with Crippen LogP contribution in [0.3, 0.4) is 0 Å². The van der Waals surface area contributed by atoms with Crippen molar-refractivity contribution in [1.29, 1.82) is 0 Å². The Kier molecular flexibility index (Phi) is 19.5. The van der Waals surface area contributed by atoms with Crippen LogP contribution in [0, 0.1) is 0 Å². The summed E-state index contributed by atoms with van der Waals surface area (Å²) in [5.74, 6) is 0. The van der Waals surface area contributed by atoms with Gasteiger partial charge in [-0.1, -0.05) is 405 Å². The minimum Gasteiger partial charge on any atom is -0.256 e. The molecule has 0 fully saturated rings. The van der Waals surface area contributed by atoms with E-state index in [4.69, 9.17) is 60.3 Å². The van der Waals surface area contributed by atoms with E-state index in [1.165, 1.54) is 102 Å². The molecule has 0 aliphatic carbocycles. The summed E-state index contributed by atoms with van der Waals surface area (Å²) < 4.78 is 0. The van der Waals surface area contributed by atoms with E-state index in [1.54, 1.807) is 0 Å². The highest BCUT2D eigenvalue weighted by Crippen LogP contribution is 2.47. The van der Waals surface area contributed by atoms with Gasteiger partial charge in [0.25, 0.3) is 0 Å². The Bertz CT molecular complexity index is 6860. The lowest BCUT2D eigenvalue weighted by atomic mass is 9.94. The first kappa shape index (κ1) is 71.8. The largest absolute Gasteiger partial charge is 0.256 e. The van der Waals surface area contributed by atoms with Crippen molar-refractivity contribution in [2.45, 2.75) is 0 Å². The van der Waals surface area contributed by atoms with Crippen molar-refractivity contribution < 1.29 is 0 Å². The first-order chi connectivity index (χ1) is 56.2. The molecule has 16 aromatic carbocycles.